The Labute approximate surface area is 115 Å². The maximum absolute atomic E-state index is 3.43. The molecule has 100 valence electrons. The lowest BCUT2D eigenvalue weighted by molar-refractivity contribution is 0.575. The highest BCUT2D eigenvalue weighted by molar-refractivity contribution is 7.99. The fraction of sp³-hybridized carbons (Fsp3) is 0.600. The normalized spacial score (nSPS) is 18.4. The first-order chi connectivity index (χ1) is 8.86. The number of hydrogen-bond acceptors (Lipinski definition) is 3. The fourth-order valence-corrected chi connectivity index (χ4v) is 3.52. The molecule has 1 unspecified atom stereocenters. The number of rotatable bonds is 4. The maximum atomic E-state index is 3.43. The smallest absolute Gasteiger partial charge is 0.0414 e. The highest BCUT2D eigenvalue weighted by Gasteiger charge is 2.17. The molecule has 3 heteroatoms. The number of thioether (sulfide) groups is 1. The zero-order valence-electron chi connectivity index (χ0n) is 11.5. The van der Waals surface area contributed by atoms with E-state index >= 15 is 0 Å². The molecular formula is C15H24N2S. The first kappa shape index (κ1) is 13.8. The van der Waals surface area contributed by atoms with Gasteiger partial charge in [0.05, 0.1) is 0 Å². The third-order valence-electron chi connectivity index (χ3n) is 3.63. The van der Waals surface area contributed by atoms with Gasteiger partial charge in [-0.2, -0.15) is 11.8 Å². The minimum atomic E-state index is 0.470. The van der Waals surface area contributed by atoms with Crippen molar-refractivity contribution < 1.29 is 0 Å². The predicted molar refractivity (Wildman–Crippen MR) is 82.7 cm³/mol. The van der Waals surface area contributed by atoms with Crippen molar-refractivity contribution in [3.05, 3.63) is 29.8 Å². The topological polar surface area (TPSA) is 15.3 Å². The summed E-state index contributed by atoms with van der Waals surface area (Å²) in [7, 11) is 2.06. The van der Waals surface area contributed by atoms with Crippen LogP contribution >= 0.6 is 11.8 Å². The van der Waals surface area contributed by atoms with Gasteiger partial charge in [-0.25, -0.2) is 0 Å². The van der Waals surface area contributed by atoms with E-state index in [1.54, 1.807) is 0 Å². The molecule has 1 heterocycles. The van der Waals surface area contributed by atoms with E-state index in [0.29, 0.717) is 6.04 Å². The lowest BCUT2D eigenvalue weighted by Crippen LogP contribution is -2.28. The van der Waals surface area contributed by atoms with Crippen LogP contribution in [-0.4, -0.2) is 31.6 Å². The average molecular weight is 264 g/mol. The zero-order chi connectivity index (χ0) is 12.8. The molecule has 0 saturated carbocycles. The Hall–Kier alpha value is -0.670. The number of nitrogens with zero attached hydrogens (tertiary/aromatic N) is 1. The Bertz CT molecular complexity index is 355. The molecular weight excluding hydrogens is 240 g/mol. The zero-order valence-corrected chi connectivity index (χ0v) is 12.3. The van der Waals surface area contributed by atoms with Crippen molar-refractivity contribution in [2.45, 2.75) is 25.8 Å². The van der Waals surface area contributed by atoms with E-state index in [1.807, 2.05) is 0 Å². The van der Waals surface area contributed by atoms with Crippen molar-refractivity contribution in [2.75, 3.05) is 36.5 Å². The molecule has 2 rings (SSSR count). The largest absolute Gasteiger partial charge is 0.370 e. The van der Waals surface area contributed by atoms with Gasteiger partial charge in [0.1, 0.15) is 0 Å². The number of nitrogens with one attached hydrogen (secondary N) is 1. The first-order valence-corrected chi connectivity index (χ1v) is 8.11. The average Bonchev–Trinajstić information content (AvgIpc) is 2.70. The van der Waals surface area contributed by atoms with Gasteiger partial charge < -0.3 is 10.2 Å². The van der Waals surface area contributed by atoms with Crippen LogP contribution in [0.25, 0.3) is 0 Å². The Balaban J connectivity index is 2.25. The molecule has 1 aromatic carbocycles. The minimum Gasteiger partial charge on any atom is -0.370 e. The van der Waals surface area contributed by atoms with E-state index in [0.717, 1.165) is 6.42 Å². The second-order valence-corrected chi connectivity index (χ2v) is 5.99. The van der Waals surface area contributed by atoms with E-state index in [2.05, 4.69) is 60.2 Å². The quantitative estimate of drug-likeness (QED) is 0.898. The standard InChI is InChI=1S/C15H24N2S/c1-3-14(16-2)13-7-4-5-8-15(13)17-9-6-11-18-12-10-17/h4-5,7-8,14,16H,3,6,9-12H2,1-2H3. The molecule has 2 nitrogen and oxygen atoms in total. The molecule has 1 atom stereocenters. The van der Waals surface area contributed by atoms with Crippen LogP contribution in [0.2, 0.25) is 0 Å². The molecule has 0 amide bonds. The summed E-state index contributed by atoms with van der Waals surface area (Å²) >= 11 is 2.08. The molecule has 1 saturated heterocycles. The third-order valence-corrected chi connectivity index (χ3v) is 4.68. The van der Waals surface area contributed by atoms with E-state index in [-0.39, 0.29) is 0 Å². The van der Waals surface area contributed by atoms with Crippen molar-refractivity contribution >= 4 is 17.4 Å². The van der Waals surface area contributed by atoms with Crippen LogP contribution in [0.5, 0.6) is 0 Å². The molecule has 0 spiro atoms. The van der Waals surface area contributed by atoms with Crippen LogP contribution < -0.4 is 10.2 Å². The second-order valence-electron chi connectivity index (χ2n) is 4.76. The summed E-state index contributed by atoms with van der Waals surface area (Å²) in [6, 6.07) is 9.35. The number of anilines is 1. The number of hydrogen-bond donors (Lipinski definition) is 1. The van der Waals surface area contributed by atoms with Crippen molar-refractivity contribution in [3.63, 3.8) is 0 Å². The third kappa shape index (κ3) is 3.21. The summed E-state index contributed by atoms with van der Waals surface area (Å²) in [5, 5.41) is 3.43. The minimum absolute atomic E-state index is 0.470. The molecule has 1 N–H and O–H groups in total. The molecule has 1 fully saturated rings. The predicted octanol–water partition coefficient (Wildman–Crippen LogP) is 3.30. The van der Waals surface area contributed by atoms with Crippen molar-refractivity contribution in [3.8, 4) is 0 Å². The molecule has 0 radical (unpaired) electrons. The highest BCUT2D eigenvalue weighted by Crippen LogP contribution is 2.29. The van der Waals surface area contributed by atoms with Crippen molar-refractivity contribution in [2.24, 2.45) is 0 Å². The summed E-state index contributed by atoms with van der Waals surface area (Å²) < 4.78 is 0. The van der Waals surface area contributed by atoms with Crippen molar-refractivity contribution in [1.82, 2.24) is 5.32 Å². The summed E-state index contributed by atoms with van der Waals surface area (Å²) in [6.45, 7) is 4.63. The Kier molecular flexibility index (Phi) is 5.39. The van der Waals surface area contributed by atoms with Gasteiger partial charge in [0.15, 0.2) is 0 Å². The highest BCUT2D eigenvalue weighted by atomic mass is 32.2. The maximum Gasteiger partial charge on any atom is 0.0414 e. The summed E-state index contributed by atoms with van der Waals surface area (Å²) in [5.41, 5.74) is 2.88. The van der Waals surface area contributed by atoms with Crippen LogP contribution in [0, 0.1) is 0 Å². The van der Waals surface area contributed by atoms with Crippen LogP contribution in [0.4, 0.5) is 5.69 Å². The summed E-state index contributed by atoms with van der Waals surface area (Å²) in [6.07, 6.45) is 2.44. The number of benzene rings is 1. The summed E-state index contributed by atoms with van der Waals surface area (Å²) in [5.74, 6) is 2.56. The molecule has 1 aromatic rings. The lowest BCUT2D eigenvalue weighted by Gasteiger charge is -2.28. The van der Waals surface area contributed by atoms with Gasteiger partial charge in [-0.3, -0.25) is 0 Å². The number of para-hydroxylation sites is 1. The second kappa shape index (κ2) is 7.05. The van der Waals surface area contributed by atoms with E-state index in [9.17, 15) is 0 Å². The SMILES string of the molecule is CCC(NC)c1ccccc1N1CCCSCC1. The lowest BCUT2D eigenvalue weighted by atomic mass is 10.0. The molecule has 1 aliphatic heterocycles. The van der Waals surface area contributed by atoms with Gasteiger partial charge in [0.2, 0.25) is 0 Å². The van der Waals surface area contributed by atoms with E-state index < -0.39 is 0 Å². The van der Waals surface area contributed by atoms with E-state index in [4.69, 9.17) is 0 Å². The van der Waals surface area contributed by atoms with Gasteiger partial charge in [-0.05, 0) is 37.3 Å². The molecule has 0 aromatic heterocycles. The molecule has 0 aliphatic carbocycles. The fourth-order valence-electron chi connectivity index (χ4n) is 2.64. The van der Waals surface area contributed by atoms with Crippen LogP contribution in [0.1, 0.15) is 31.4 Å². The van der Waals surface area contributed by atoms with Gasteiger partial charge in [-0.1, -0.05) is 25.1 Å². The monoisotopic (exact) mass is 264 g/mol. The Morgan fingerprint density at radius 2 is 2.11 bits per heavy atom. The Morgan fingerprint density at radius 3 is 2.89 bits per heavy atom. The van der Waals surface area contributed by atoms with Crippen LogP contribution in [0.3, 0.4) is 0 Å². The molecule has 0 bridgehead atoms. The Morgan fingerprint density at radius 1 is 1.28 bits per heavy atom. The van der Waals surface area contributed by atoms with Crippen molar-refractivity contribution in [1.29, 1.82) is 0 Å². The van der Waals surface area contributed by atoms with Crippen LogP contribution in [0.15, 0.2) is 24.3 Å². The summed E-state index contributed by atoms with van der Waals surface area (Å²) in [4.78, 5) is 2.56. The molecule has 18 heavy (non-hydrogen) atoms. The van der Waals surface area contributed by atoms with Crippen LogP contribution in [-0.2, 0) is 0 Å². The van der Waals surface area contributed by atoms with Gasteiger partial charge in [-0.15, -0.1) is 0 Å². The van der Waals surface area contributed by atoms with Gasteiger partial charge in [0.25, 0.3) is 0 Å². The van der Waals surface area contributed by atoms with E-state index in [1.165, 1.54) is 42.3 Å². The first-order valence-electron chi connectivity index (χ1n) is 6.95. The van der Waals surface area contributed by atoms with Gasteiger partial charge >= 0.3 is 0 Å². The van der Waals surface area contributed by atoms with Gasteiger partial charge in [0, 0.05) is 30.6 Å². The molecule has 1 aliphatic rings.